The van der Waals surface area contributed by atoms with Crippen LogP contribution in [0.5, 0.6) is 0 Å². The monoisotopic (exact) mass is 470 g/mol. The van der Waals surface area contributed by atoms with E-state index in [1.807, 2.05) is 12.1 Å². The van der Waals surface area contributed by atoms with Gasteiger partial charge in [0.1, 0.15) is 6.33 Å². The lowest BCUT2D eigenvalue weighted by Crippen LogP contribution is -2.42. The summed E-state index contributed by atoms with van der Waals surface area (Å²) < 4.78 is 0. The molecule has 1 aromatic carbocycles. The van der Waals surface area contributed by atoms with Crippen molar-refractivity contribution in [3.63, 3.8) is 0 Å². The molecule has 0 saturated heterocycles. The summed E-state index contributed by atoms with van der Waals surface area (Å²) in [5.74, 6) is 1.65. The van der Waals surface area contributed by atoms with Gasteiger partial charge in [-0.05, 0) is 31.9 Å². The normalized spacial score (nSPS) is 12.3. The molecule has 0 radical (unpaired) electrons. The van der Waals surface area contributed by atoms with Gasteiger partial charge in [0.15, 0.2) is 11.8 Å². The fourth-order valence-electron chi connectivity index (χ4n) is 2.66. The number of guanidine groups is 1. The van der Waals surface area contributed by atoms with Crippen LogP contribution in [-0.2, 0) is 6.54 Å². The van der Waals surface area contributed by atoms with E-state index in [1.165, 1.54) is 32.0 Å². The first-order valence-electron chi connectivity index (χ1n) is 9.22. The summed E-state index contributed by atoms with van der Waals surface area (Å²) in [6.07, 6.45) is 6.48. The van der Waals surface area contributed by atoms with Crippen molar-refractivity contribution in [1.82, 2.24) is 25.8 Å². The minimum absolute atomic E-state index is 0. The Morgan fingerprint density at radius 2 is 2.12 bits per heavy atom. The first kappa shape index (κ1) is 22.4. The van der Waals surface area contributed by atoms with Crippen LogP contribution >= 0.6 is 24.0 Å². The van der Waals surface area contributed by atoms with Gasteiger partial charge in [0.05, 0.1) is 6.54 Å². The third-order valence-corrected chi connectivity index (χ3v) is 4.00. The summed E-state index contributed by atoms with van der Waals surface area (Å²) in [5.41, 5.74) is 2.17. The number of H-pyrrole nitrogens is 1. The SMILES string of the molecule is CCCCCC(C)NC(=NCc1cccc(-c2ncn[nH]2)c1)NCC.I. The minimum Gasteiger partial charge on any atom is -0.357 e. The topological polar surface area (TPSA) is 78.0 Å². The Morgan fingerprint density at radius 3 is 2.81 bits per heavy atom. The number of benzene rings is 1. The van der Waals surface area contributed by atoms with Crippen molar-refractivity contribution in [2.24, 2.45) is 4.99 Å². The molecule has 0 spiro atoms. The molecule has 1 aromatic heterocycles. The van der Waals surface area contributed by atoms with Crippen molar-refractivity contribution in [2.45, 2.75) is 59.0 Å². The number of hydrogen-bond acceptors (Lipinski definition) is 3. The van der Waals surface area contributed by atoms with Crippen LogP contribution < -0.4 is 10.6 Å². The summed E-state index contributed by atoms with van der Waals surface area (Å²) in [5, 5.41) is 13.6. The Morgan fingerprint density at radius 1 is 1.27 bits per heavy atom. The van der Waals surface area contributed by atoms with Gasteiger partial charge in [-0.25, -0.2) is 9.98 Å². The first-order valence-corrected chi connectivity index (χ1v) is 9.22. The smallest absolute Gasteiger partial charge is 0.191 e. The molecular weight excluding hydrogens is 439 g/mol. The summed E-state index contributed by atoms with van der Waals surface area (Å²) in [6.45, 7) is 8.01. The molecular formula is C19H31IN6. The lowest BCUT2D eigenvalue weighted by atomic mass is 10.1. The van der Waals surface area contributed by atoms with Crippen molar-refractivity contribution in [3.05, 3.63) is 36.2 Å². The van der Waals surface area contributed by atoms with E-state index in [1.54, 1.807) is 0 Å². The number of hydrogen-bond donors (Lipinski definition) is 3. The molecule has 0 fully saturated rings. The quantitative estimate of drug-likeness (QED) is 0.223. The highest BCUT2D eigenvalue weighted by atomic mass is 127. The fourth-order valence-corrected chi connectivity index (χ4v) is 2.66. The standard InChI is InChI=1S/C19H30N6.HI/c1-4-6-7-9-15(3)24-19(20-5-2)21-13-16-10-8-11-17(12-16)18-22-14-23-25-18;/h8,10-12,14-15H,4-7,9,13H2,1-3H3,(H2,20,21,24)(H,22,23,25);1H. The number of aliphatic imine (C=N–C) groups is 1. The van der Waals surface area contributed by atoms with Crippen LogP contribution in [0.2, 0.25) is 0 Å². The highest BCUT2D eigenvalue weighted by molar-refractivity contribution is 14.0. The van der Waals surface area contributed by atoms with Gasteiger partial charge >= 0.3 is 0 Å². The van der Waals surface area contributed by atoms with E-state index in [0.717, 1.165) is 29.5 Å². The second-order valence-corrected chi connectivity index (χ2v) is 6.27. The zero-order valence-corrected chi connectivity index (χ0v) is 18.3. The number of aromatic amines is 1. The van der Waals surface area contributed by atoms with Gasteiger partial charge in [-0.3, -0.25) is 5.10 Å². The lowest BCUT2D eigenvalue weighted by Gasteiger charge is -2.17. The van der Waals surface area contributed by atoms with E-state index in [2.05, 4.69) is 58.7 Å². The molecule has 0 amide bonds. The average molecular weight is 470 g/mol. The van der Waals surface area contributed by atoms with Crippen molar-refractivity contribution >= 4 is 29.9 Å². The maximum Gasteiger partial charge on any atom is 0.191 e. The van der Waals surface area contributed by atoms with Gasteiger partial charge in [0, 0.05) is 18.2 Å². The van der Waals surface area contributed by atoms with Gasteiger partial charge in [0.25, 0.3) is 0 Å². The Kier molecular flexibility index (Phi) is 10.9. The molecule has 0 aliphatic heterocycles. The lowest BCUT2D eigenvalue weighted by molar-refractivity contribution is 0.547. The molecule has 0 aliphatic carbocycles. The molecule has 0 saturated carbocycles. The van der Waals surface area contributed by atoms with E-state index >= 15 is 0 Å². The van der Waals surface area contributed by atoms with E-state index in [4.69, 9.17) is 4.99 Å². The van der Waals surface area contributed by atoms with Crippen molar-refractivity contribution < 1.29 is 0 Å². The van der Waals surface area contributed by atoms with E-state index in [9.17, 15) is 0 Å². The number of aromatic nitrogens is 3. The van der Waals surface area contributed by atoms with E-state index < -0.39 is 0 Å². The summed E-state index contributed by atoms with van der Waals surface area (Å²) in [6, 6.07) is 8.64. The summed E-state index contributed by atoms with van der Waals surface area (Å²) in [7, 11) is 0. The maximum absolute atomic E-state index is 4.72. The van der Waals surface area contributed by atoms with Gasteiger partial charge in [-0.15, -0.1) is 24.0 Å². The van der Waals surface area contributed by atoms with Crippen LogP contribution in [0.25, 0.3) is 11.4 Å². The fraction of sp³-hybridized carbons (Fsp3) is 0.526. The molecule has 2 rings (SSSR count). The van der Waals surface area contributed by atoms with Crippen LogP contribution in [-0.4, -0.2) is 33.7 Å². The Labute approximate surface area is 173 Å². The van der Waals surface area contributed by atoms with Gasteiger partial charge in [-0.1, -0.05) is 44.4 Å². The minimum atomic E-state index is 0. The predicted octanol–water partition coefficient (Wildman–Crippen LogP) is 4.11. The Bertz CT molecular complexity index is 641. The summed E-state index contributed by atoms with van der Waals surface area (Å²) >= 11 is 0. The number of nitrogens with zero attached hydrogens (tertiary/aromatic N) is 3. The van der Waals surface area contributed by atoms with Gasteiger partial charge in [0.2, 0.25) is 0 Å². The number of halogens is 1. The van der Waals surface area contributed by atoms with Crippen LogP contribution in [0.3, 0.4) is 0 Å². The largest absolute Gasteiger partial charge is 0.357 e. The van der Waals surface area contributed by atoms with Gasteiger partial charge < -0.3 is 10.6 Å². The molecule has 6 nitrogen and oxygen atoms in total. The first-order chi connectivity index (χ1) is 12.2. The van der Waals surface area contributed by atoms with E-state index in [-0.39, 0.29) is 24.0 Å². The zero-order chi connectivity index (χ0) is 17.9. The third-order valence-electron chi connectivity index (χ3n) is 4.00. The molecule has 144 valence electrons. The van der Waals surface area contributed by atoms with Crippen molar-refractivity contribution in [2.75, 3.05) is 6.54 Å². The molecule has 7 heteroatoms. The Balaban J connectivity index is 0.00000338. The molecule has 26 heavy (non-hydrogen) atoms. The molecule has 2 aromatic rings. The average Bonchev–Trinajstić information content (AvgIpc) is 3.15. The van der Waals surface area contributed by atoms with Crippen LogP contribution in [0, 0.1) is 0 Å². The maximum atomic E-state index is 4.72. The van der Waals surface area contributed by atoms with E-state index in [0.29, 0.717) is 12.6 Å². The molecule has 1 heterocycles. The van der Waals surface area contributed by atoms with Crippen LogP contribution in [0.4, 0.5) is 0 Å². The third kappa shape index (κ3) is 7.72. The second-order valence-electron chi connectivity index (χ2n) is 6.27. The Hall–Kier alpha value is -1.64. The molecule has 0 bridgehead atoms. The van der Waals surface area contributed by atoms with Crippen molar-refractivity contribution in [3.8, 4) is 11.4 Å². The number of unbranched alkanes of at least 4 members (excludes halogenated alkanes) is 2. The summed E-state index contributed by atoms with van der Waals surface area (Å²) in [4.78, 5) is 8.92. The highest BCUT2D eigenvalue weighted by Gasteiger charge is 2.06. The molecule has 3 N–H and O–H groups in total. The second kappa shape index (κ2) is 12.7. The molecule has 1 unspecified atom stereocenters. The van der Waals surface area contributed by atoms with Crippen LogP contribution in [0.1, 0.15) is 52.0 Å². The zero-order valence-electron chi connectivity index (χ0n) is 16.0. The number of nitrogens with one attached hydrogen (secondary N) is 3. The van der Waals surface area contributed by atoms with Gasteiger partial charge in [-0.2, -0.15) is 5.10 Å². The highest BCUT2D eigenvalue weighted by Crippen LogP contribution is 2.15. The number of rotatable bonds is 9. The van der Waals surface area contributed by atoms with Crippen LogP contribution in [0.15, 0.2) is 35.6 Å². The van der Waals surface area contributed by atoms with Crippen molar-refractivity contribution in [1.29, 1.82) is 0 Å². The molecule has 1 atom stereocenters. The predicted molar refractivity (Wildman–Crippen MR) is 119 cm³/mol. The molecule has 0 aliphatic rings.